The molecule has 1 rings (SSSR count). The Labute approximate surface area is 97.5 Å². The van der Waals surface area contributed by atoms with E-state index in [0.717, 1.165) is 11.8 Å². The van der Waals surface area contributed by atoms with Crippen LogP contribution in [-0.4, -0.2) is 21.9 Å². The van der Waals surface area contributed by atoms with Gasteiger partial charge in [-0.1, -0.05) is 21.1 Å². The van der Waals surface area contributed by atoms with Gasteiger partial charge in [-0.3, -0.25) is 4.79 Å². The smallest absolute Gasteiger partial charge is 0.256 e. The van der Waals surface area contributed by atoms with Crippen LogP contribution in [0, 0.1) is 6.92 Å². The summed E-state index contributed by atoms with van der Waals surface area (Å²) in [6, 6.07) is 0. The number of carbonyl (C=O) groups is 1. The van der Waals surface area contributed by atoms with Crippen LogP contribution in [-0.2, 0) is 0 Å². The number of aromatic nitrogens is 1. The van der Waals surface area contributed by atoms with Gasteiger partial charge in [-0.15, -0.1) is 0 Å². The summed E-state index contributed by atoms with van der Waals surface area (Å²) in [4.78, 5) is 11.8. The summed E-state index contributed by atoms with van der Waals surface area (Å²) in [5, 5.41) is 7.36. The van der Waals surface area contributed by atoms with Crippen molar-refractivity contribution in [2.24, 2.45) is 0 Å². The largest absolute Gasteiger partial charge is 0.361 e. The third-order valence-corrected chi connectivity index (χ3v) is 2.56. The van der Waals surface area contributed by atoms with E-state index < -0.39 is 0 Å². The van der Waals surface area contributed by atoms with Crippen molar-refractivity contribution in [3.05, 3.63) is 17.5 Å². The molecule has 0 aromatic carbocycles. The fraction of sp³-hybridized carbons (Fsp3) is 0.600. The Kier molecular flexibility index (Phi) is 3.90. The van der Waals surface area contributed by atoms with E-state index in [1.54, 1.807) is 6.92 Å². The van der Waals surface area contributed by atoms with Crippen molar-refractivity contribution in [2.75, 3.05) is 5.33 Å². The molecule has 0 saturated carbocycles. The third-order valence-electron chi connectivity index (χ3n) is 2.17. The SMILES string of the molecule is Cc1oncc1C(=O)NC(C)(C)CCBr. The van der Waals surface area contributed by atoms with Gasteiger partial charge in [-0.2, -0.15) is 0 Å². The van der Waals surface area contributed by atoms with E-state index >= 15 is 0 Å². The minimum absolute atomic E-state index is 0.139. The van der Waals surface area contributed by atoms with Crippen LogP contribution in [0.2, 0.25) is 0 Å². The van der Waals surface area contributed by atoms with Crippen LogP contribution >= 0.6 is 15.9 Å². The summed E-state index contributed by atoms with van der Waals surface area (Å²) in [5.74, 6) is 0.404. The van der Waals surface area contributed by atoms with E-state index in [9.17, 15) is 4.79 Å². The first-order valence-electron chi connectivity index (χ1n) is 4.76. The van der Waals surface area contributed by atoms with Gasteiger partial charge in [-0.05, 0) is 27.2 Å². The lowest BCUT2D eigenvalue weighted by molar-refractivity contribution is 0.0910. The highest BCUT2D eigenvalue weighted by Gasteiger charge is 2.22. The number of nitrogens with one attached hydrogen (secondary N) is 1. The van der Waals surface area contributed by atoms with Gasteiger partial charge in [0, 0.05) is 10.9 Å². The van der Waals surface area contributed by atoms with E-state index in [1.165, 1.54) is 6.20 Å². The molecule has 1 amide bonds. The van der Waals surface area contributed by atoms with Crippen molar-refractivity contribution in [1.82, 2.24) is 10.5 Å². The van der Waals surface area contributed by atoms with Crippen LogP contribution in [0.3, 0.4) is 0 Å². The van der Waals surface area contributed by atoms with E-state index in [1.807, 2.05) is 13.8 Å². The van der Waals surface area contributed by atoms with Crippen LogP contribution in [0.1, 0.15) is 36.4 Å². The van der Waals surface area contributed by atoms with Crippen molar-refractivity contribution in [1.29, 1.82) is 0 Å². The molecule has 1 aromatic rings. The maximum absolute atomic E-state index is 11.8. The number of rotatable bonds is 4. The van der Waals surface area contributed by atoms with E-state index in [-0.39, 0.29) is 11.4 Å². The van der Waals surface area contributed by atoms with Gasteiger partial charge in [0.2, 0.25) is 0 Å². The number of hydrogen-bond donors (Lipinski definition) is 1. The molecule has 15 heavy (non-hydrogen) atoms. The Balaban J connectivity index is 2.68. The standard InChI is InChI=1S/C10H15BrN2O2/c1-7-8(6-12-15-7)9(14)13-10(2,3)4-5-11/h6H,4-5H2,1-3H3,(H,13,14). The quantitative estimate of drug-likeness (QED) is 0.858. The zero-order valence-electron chi connectivity index (χ0n) is 9.13. The Morgan fingerprint density at radius 3 is 2.80 bits per heavy atom. The Hall–Kier alpha value is -0.840. The lowest BCUT2D eigenvalue weighted by Crippen LogP contribution is -2.43. The number of aryl methyl sites for hydroxylation is 1. The van der Waals surface area contributed by atoms with Crippen molar-refractivity contribution < 1.29 is 9.32 Å². The molecule has 0 atom stereocenters. The molecule has 0 unspecified atom stereocenters. The second-order valence-electron chi connectivity index (χ2n) is 4.07. The summed E-state index contributed by atoms with van der Waals surface area (Å²) in [6.07, 6.45) is 2.30. The first kappa shape index (κ1) is 12.2. The van der Waals surface area contributed by atoms with Crippen LogP contribution in [0.4, 0.5) is 0 Å². The highest BCUT2D eigenvalue weighted by atomic mass is 79.9. The molecule has 0 saturated heterocycles. The second kappa shape index (κ2) is 4.79. The molecule has 0 spiro atoms. The van der Waals surface area contributed by atoms with Gasteiger partial charge in [-0.25, -0.2) is 0 Å². The molecule has 1 N–H and O–H groups in total. The van der Waals surface area contributed by atoms with Gasteiger partial charge in [0.1, 0.15) is 11.3 Å². The number of alkyl halides is 1. The van der Waals surface area contributed by atoms with Gasteiger partial charge >= 0.3 is 0 Å². The lowest BCUT2D eigenvalue weighted by atomic mass is 10.0. The van der Waals surface area contributed by atoms with E-state index in [0.29, 0.717) is 11.3 Å². The second-order valence-corrected chi connectivity index (χ2v) is 4.87. The summed E-state index contributed by atoms with van der Waals surface area (Å²) in [6.45, 7) is 5.68. The topological polar surface area (TPSA) is 55.1 Å². The van der Waals surface area contributed by atoms with Gasteiger partial charge in [0.15, 0.2) is 0 Å². The molecule has 0 radical (unpaired) electrons. The highest BCUT2D eigenvalue weighted by molar-refractivity contribution is 9.09. The van der Waals surface area contributed by atoms with Crippen LogP contribution < -0.4 is 5.32 Å². The Morgan fingerprint density at radius 2 is 2.33 bits per heavy atom. The van der Waals surface area contributed by atoms with Crippen molar-refractivity contribution >= 4 is 21.8 Å². The number of hydrogen-bond acceptors (Lipinski definition) is 3. The maximum Gasteiger partial charge on any atom is 0.256 e. The van der Waals surface area contributed by atoms with Gasteiger partial charge < -0.3 is 9.84 Å². The van der Waals surface area contributed by atoms with Gasteiger partial charge in [0.05, 0.1) is 6.20 Å². The van der Waals surface area contributed by atoms with Crippen molar-refractivity contribution in [3.63, 3.8) is 0 Å². The molecule has 0 aliphatic carbocycles. The summed E-state index contributed by atoms with van der Waals surface area (Å²) < 4.78 is 4.84. The molecular weight excluding hydrogens is 260 g/mol. The number of amides is 1. The maximum atomic E-state index is 11.8. The first-order chi connectivity index (χ1) is 6.96. The number of carbonyl (C=O) groups excluding carboxylic acids is 1. The lowest BCUT2D eigenvalue weighted by Gasteiger charge is -2.25. The van der Waals surface area contributed by atoms with Crippen LogP contribution in [0.15, 0.2) is 10.7 Å². The minimum Gasteiger partial charge on any atom is -0.361 e. The molecule has 1 aromatic heterocycles. The zero-order valence-corrected chi connectivity index (χ0v) is 10.7. The van der Waals surface area contributed by atoms with E-state index in [2.05, 4.69) is 26.4 Å². The monoisotopic (exact) mass is 274 g/mol. The summed E-state index contributed by atoms with van der Waals surface area (Å²) >= 11 is 3.36. The molecule has 0 aliphatic heterocycles. The van der Waals surface area contributed by atoms with Crippen LogP contribution in [0.5, 0.6) is 0 Å². The average molecular weight is 275 g/mol. The minimum atomic E-state index is -0.232. The number of nitrogens with zero attached hydrogens (tertiary/aromatic N) is 1. The Bertz CT molecular complexity index is 347. The van der Waals surface area contributed by atoms with Crippen molar-refractivity contribution in [3.8, 4) is 0 Å². The van der Waals surface area contributed by atoms with Gasteiger partial charge in [0.25, 0.3) is 5.91 Å². The molecule has 0 aliphatic rings. The molecule has 0 fully saturated rings. The predicted octanol–water partition coefficient (Wildman–Crippen LogP) is 2.28. The van der Waals surface area contributed by atoms with E-state index in [4.69, 9.17) is 4.52 Å². The first-order valence-corrected chi connectivity index (χ1v) is 5.88. The summed E-state index contributed by atoms with van der Waals surface area (Å²) in [5.41, 5.74) is 0.266. The third kappa shape index (κ3) is 3.34. The molecule has 0 bridgehead atoms. The predicted molar refractivity (Wildman–Crippen MR) is 61.2 cm³/mol. The molecule has 4 nitrogen and oxygen atoms in total. The molecule has 5 heteroatoms. The average Bonchev–Trinajstić information content (AvgIpc) is 2.50. The zero-order chi connectivity index (χ0) is 11.5. The molecule has 84 valence electrons. The highest BCUT2D eigenvalue weighted by Crippen LogP contribution is 2.13. The van der Waals surface area contributed by atoms with Crippen molar-refractivity contribution in [2.45, 2.75) is 32.7 Å². The molecular formula is C10H15BrN2O2. The number of halogens is 1. The summed E-state index contributed by atoms with van der Waals surface area (Å²) in [7, 11) is 0. The Morgan fingerprint density at radius 1 is 1.67 bits per heavy atom. The van der Waals surface area contributed by atoms with Crippen LogP contribution in [0.25, 0.3) is 0 Å². The normalized spacial score (nSPS) is 11.5. The fourth-order valence-electron chi connectivity index (χ4n) is 1.19. The fourth-order valence-corrected chi connectivity index (χ4v) is 2.18. The molecule has 1 heterocycles.